The molecule has 1 heterocycles. The number of ether oxygens (including phenoxy) is 4. The number of aliphatic hydroxyl groups is 1. The van der Waals surface area contributed by atoms with Gasteiger partial charge >= 0.3 is 5.97 Å². The van der Waals surface area contributed by atoms with Gasteiger partial charge in [-0.2, -0.15) is 0 Å². The maximum Gasteiger partial charge on any atom is 0.306 e. The second-order valence-corrected chi connectivity index (χ2v) is 13.4. The first-order chi connectivity index (χ1) is 24.6. The molecule has 5 rings (SSSR count). The summed E-state index contributed by atoms with van der Waals surface area (Å²) < 4.78 is 23.8. The molecular formula is C42H48N2O7. The Morgan fingerprint density at radius 1 is 0.863 bits per heavy atom. The molecule has 51 heavy (non-hydrogen) atoms. The van der Waals surface area contributed by atoms with Crippen molar-refractivity contribution in [3.63, 3.8) is 0 Å². The highest BCUT2D eigenvalue weighted by Gasteiger charge is 2.53. The van der Waals surface area contributed by atoms with Crippen LogP contribution in [-0.2, 0) is 25.5 Å². The molecule has 1 aliphatic rings. The maximum atomic E-state index is 14.6. The summed E-state index contributed by atoms with van der Waals surface area (Å²) in [5, 5.41) is 12.2. The van der Waals surface area contributed by atoms with E-state index in [0.29, 0.717) is 43.9 Å². The number of para-hydroxylation sites is 1. The molecule has 4 aromatic carbocycles. The van der Waals surface area contributed by atoms with Gasteiger partial charge in [-0.05, 0) is 93.1 Å². The summed E-state index contributed by atoms with van der Waals surface area (Å²) in [5.41, 5.74) is 2.29. The topological polar surface area (TPSA) is 116 Å². The van der Waals surface area contributed by atoms with Gasteiger partial charge in [0.15, 0.2) is 11.6 Å². The fraction of sp³-hybridized carbons (Fsp3) is 0.357. The van der Waals surface area contributed by atoms with E-state index in [1.165, 1.54) is 0 Å². The third-order valence-corrected chi connectivity index (χ3v) is 8.43. The van der Waals surface area contributed by atoms with Crippen molar-refractivity contribution in [3.05, 3.63) is 120 Å². The van der Waals surface area contributed by atoms with E-state index in [1.807, 2.05) is 119 Å². The molecule has 0 saturated carbocycles. The number of amides is 1. The third kappa shape index (κ3) is 9.76. The summed E-state index contributed by atoms with van der Waals surface area (Å²) in [7, 11) is 0. The highest BCUT2D eigenvalue weighted by atomic mass is 16.6. The molecule has 2 N–H and O–H groups in total. The van der Waals surface area contributed by atoms with Gasteiger partial charge in [0.25, 0.3) is 5.91 Å². The van der Waals surface area contributed by atoms with Gasteiger partial charge in [-0.15, -0.1) is 0 Å². The second kappa shape index (κ2) is 17.2. The Labute approximate surface area is 300 Å². The number of rotatable bonds is 16. The monoisotopic (exact) mass is 692 g/mol. The number of benzene rings is 4. The molecule has 0 aliphatic carbocycles. The number of hydrogen-bond acceptors (Lipinski definition) is 8. The molecule has 9 heteroatoms. The number of nitrogens with one attached hydrogen (secondary N) is 1. The summed E-state index contributed by atoms with van der Waals surface area (Å²) in [4.78, 5) is 32.8. The van der Waals surface area contributed by atoms with Crippen molar-refractivity contribution in [3.8, 4) is 22.6 Å². The summed E-state index contributed by atoms with van der Waals surface area (Å²) in [6.45, 7) is 8.67. The zero-order valence-electron chi connectivity index (χ0n) is 29.9. The van der Waals surface area contributed by atoms with Gasteiger partial charge < -0.3 is 29.4 Å². The SMILES string of the molecule is CCOc1ccccc1CCNC(=O)[C@]1(CCC(=O)OC(C)(C)C)N=C(c2ccc(OCCCO)cc2)O[C@@H]1c1ccc(-c2ccccc2)cc1. The van der Waals surface area contributed by atoms with Crippen LogP contribution in [0.15, 0.2) is 108 Å². The van der Waals surface area contributed by atoms with E-state index in [-0.39, 0.29) is 31.3 Å². The molecule has 268 valence electrons. The van der Waals surface area contributed by atoms with E-state index in [1.54, 1.807) is 12.1 Å². The summed E-state index contributed by atoms with van der Waals surface area (Å²) in [6.07, 6.45) is 0.231. The van der Waals surface area contributed by atoms with Gasteiger partial charge in [-0.3, -0.25) is 9.59 Å². The molecule has 0 saturated heterocycles. The molecule has 1 aliphatic heterocycles. The first-order valence-corrected chi connectivity index (χ1v) is 17.6. The van der Waals surface area contributed by atoms with E-state index >= 15 is 0 Å². The molecule has 0 radical (unpaired) electrons. The Kier molecular flexibility index (Phi) is 12.5. The highest BCUT2D eigenvalue weighted by Crippen LogP contribution is 2.44. The van der Waals surface area contributed by atoms with Crippen LogP contribution in [0.4, 0.5) is 0 Å². The Morgan fingerprint density at radius 3 is 2.22 bits per heavy atom. The minimum Gasteiger partial charge on any atom is -0.494 e. The van der Waals surface area contributed by atoms with Crippen molar-refractivity contribution in [2.75, 3.05) is 26.4 Å². The van der Waals surface area contributed by atoms with Crippen LogP contribution in [-0.4, -0.2) is 60.4 Å². The van der Waals surface area contributed by atoms with Crippen LogP contribution in [0.5, 0.6) is 11.5 Å². The number of aliphatic imine (C=N–C) groups is 1. The van der Waals surface area contributed by atoms with Crippen LogP contribution in [0.2, 0.25) is 0 Å². The second-order valence-electron chi connectivity index (χ2n) is 13.4. The number of nitrogens with zero attached hydrogens (tertiary/aromatic N) is 1. The highest BCUT2D eigenvalue weighted by molar-refractivity contribution is 6.01. The van der Waals surface area contributed by atoms with Crippen LogP contribution in [0.25, 0.3) is 11.1 Å². The maximum absolute atomic E-state index is 14.6. The number of hydrogen-bond donors (Lipinski definition) is 2. The summed E-state index contributed by atoms with van der Waals surface area (Å²) in [5.74, 6) is 0.927. The largest absolute Gasteiger partial charge is 0.494 e. The average molecular weight is 693 g/mol. The minimum absolute atomic E-state index is 0.0446. The van der Waals surface area contributed by atoms with E-state index in [4.69, 9.17) is 29.0 Å². The predicted molar refractivity (Wildman–Crippen MR) is 198 cm³/mol. The molecule has 0 unspecified atom stereocenters. The van der Waals surface area contributed by atoms with Crippen molar-refractivity contribution >= 4 is 17.8 Å². The molecule has 0 bridgehead atoms. The lowest BCUT2D eigenvalue weighted by Gasteiger charge is -2.31. The quantitative estimate of drug-likeness (QED) is 0.0939. The Balaban J connectivity index is 1.50. The zero-order valence-corrected chi connectivity index (χ0v) is 29.9. The Bertz CT molecular complexity index is 1770. The smallest absolute Gasteiger partial charge is 0.306 e. The lowest BCUT2D eigenvalue weighted by Crippen LogP contribution is -2.49. The molecule has 9 nitrogen and oxygen atoms in total. The van der Waals surface area contributed by atoms with Gasteiger partial charge in [-0.1, -0.05) is 72.8 Å². The van der Waals surface area contributed by atoms with Crippen molar-refractivity contribution in [1.29, 1.82) is 0 Å². The van der Waals surface area contributed by atoms with Crippen LogP contribution in [0.3, 0.4) is 0 Å². The average Bonchev–Trinajstić information content (AvgIpc) is 3.53. The van der Waals surface area contributed by atoms with Gasteiger partial charge in [0.05, 0.1) is 13.2 Å². The lowest BCUT2D eigenvalue weighted by atomic mass is 9.83. The molecular weight excluding hydrogens is 644 g/mol. The standard InChI is InChI=1S/C42H48N2O7/c1-5-48-36-15-10-9-14-32(36)25-27-43-40(47)42(26-24-37(46)51-41(2,3)4)38(33-18-16-31(17-19-33)30-12-7-6-8-13-30)50-39(44-42)34-20-22-35(23-21-34)49-29-11-28-45/h6-10,12-23,38,45H,5,11,24-29H2,1-4H3,(H,43,47)/t38-,42-/m1/s1. The number of aliphatic hydroxyl groups excluding tert-OH is 1. The summed E-state index contributed by atoms with van der Waals surface area (Å²) in [6, 6.07) is 33.0. The molecule has 2 atom stereocenters. The van der Waals surface area contributed by atoms with E-state index in [9.17, 15) is 9.59 Å². The predicted octanol–water partition coefficient (Wildman–Crippen LogP) is 7.25. The van der Waals surface area contributed by atoms with Crippen LogP contribution >= 0.6 is 0 Å². The Hall–Kier alpha value is -5.15. The number of carbonyl (C=O) groups excluding carboxylic acids is 2. The minimum atomic E-state index is -1.49. The van der Waals surface area contributed by atoms with Crippen LogP contribution in [0.1, 0.15) is 69.8 Å². The first-order valence-electron chi connectivity index (χ1n) is 17.6. The van der Waals surface area contributed by atoms with E-state index in [0.717, 1.165) is 28.0 Å². The molecule has 0 fully saturated rings. The van der Waals surface area contributed by atoms with Gasteiger partial charge in [-0.25, -0.2) is 4.99 Å². The summed E-state index contributed by atoms with van der Waals surface area (Å²) >= 11 is 0. The van der Waals surface area contributed by atoms with Crippen molar-refractivity contribution in [2.45, 2.75) is 70.6 Å². The van der Waals surface area contributed by atoms with E-state index in [2.05, 4.69) is 5.32 Å². The van der Waals surface area contributed by atoms with E-state index < -0.39 is 23.2 Å². The Morgan fingerprint density at radius 2 is 1.53 bits per heavy atom. The number of carbonyl (C=O) groups is 2. The third-order valence-electron chi connectivity index (χ3n) is 8.43. The first kappa shape index (κ1) is 37.1. The molecule has 4 aromatic rings. The van der Waals surface area contributed by atoms with Crippen molar-refractivity contribution in [2.24, 2.45) is 4.99 Å². The molecule has 0 spiro atoms. The van der Waals surface area contributed by atoms with Crippen molar-refractivity contribution < 1.29 is 33.6 Å². The fourth-order valence-electron chi connectivity index (χ4n) is 6.01. The normalized spacial score (nSPS) is 16.9. The van der Waals surface area contributed by atoms with Crippen LogP contribution < -0.4 is 14.8 Å². The molecule has 1 amide bonds. The van der Waals surface area contributed by atoms with Gasteiger partial charge in [0, 0.05) is 31.6 Å². The van der Waals surface area contributed by atoms with Crippen LogP contribution in [0, 0.1) is 0 Å². The number of esters is 1. The van der Waals surface area contributed by atoms with Gasteiger partial charge in [0.1, 0.15) is 17.1 Å². The molecule has 0 aromatic heterocycles. The zero-order chi connectivity index (χ0) is 36.3. The lowest BCUT2D eigenvalue weighted by molar-refractivity contribution is -0.155. The van der Waals surface area contributed by atoms with Crippen molar-refractivity contribution in [1.82, 2.24) is 5.32 Å². The fourth-order valence-corrected chi connectivity index (χ4v) is 6.01. The van der Waals surface area contributed by atoms with Gasteiger partial charge in [0.2, 0.25) is 5.90 Å².